The van der Waals surface area contributed by atoms with E-state index in [1.807, 2.05) is 30.3 Å². The molecule has 0 spiro atoms. The molecule has 1 amide bonds. The van der Waals surface area contributed by atoms with Gasteiger partial charge in [-0.3, -0.25) is 9.78 Å². The van der Waals surface area contributed by atoms with Crippen LogP contribution >= 0.6 is 0 Å². The van der Waals surface area contributed by atoms with Crippen molar-refractivity contribution >= 4 is 16.7 Å². The largest absolute Gasteiger partial charge is 0.344 e. The summed E-state index contributed by atoms with van der Waals surface area (Å²) in [5.41, 5.74) is 6.12. The monoisotopic (exact) mass is 269 g/mol. The quantitative estimate of drug-likeness (QED) is 0.898. The number of carbonyl (C=O) groups excluding carboxylic acids is 1. The zero-order valence-electron chi connectivity index (χ0n) is 11.4. The summed E-state index contributed by atoms with van der Waals surface area (Å²) in [6.45, 7) is 0.490. The molecule has 1 aromatic carbocycles. The first kappa shape index (κ1) is 13.1. The molecule has 1 heterocycles. The molecule has 4 heteroatoms. The van der Waals surface area contributed by atoms with Gasteiger partial charge in [-0.2, -0.15) is 0 Å². The Bertz CT molecular complexity index is 627. The van der Waals surface area contributed by atoms with Gasteiger partial charge in [0, 0.05) is 18.1 Å². The molecule has 2 aromatic rings. The van der Waals surface area contributed by atoms with Crippen LogP contribution in [0, 0.1) is 0 Å². The minimum Gasteiger partial charge on any atom is -0.344 e. The molecule has 0 atom stereocenters. The molecule has 1 saturated carbocycles. The van der Waals surface area contributed by atoms with E-state index >= 15 is 0 Å². The van der Waals surface area contributed by atoms with Gasteiger partial charge in [0.25, 0.3) is 5.91 Å². The van der Waals surface area contributed by atoms with Gasteiger partial charge in [0.05, 0.1) is 5.54 Å². The van der Waals surface area contributed by atoms with Gasteiger partial charge in [-0.05, 0) is 24.3 Å². The summed E-state index contributed by atoms with van der Waals surface area (Å²) in [6.07, 6.45) is 5.85. The Hall–Kier alpha value is -1.94. The Morgan fingerprint density at radius 1 is 1.25 bits per heavy atom. The lowest BCUT2D eigenvalue weighted by Gasteiger charge is -2.28. The summed E-state index contributed by atoms with van der Waals surface area (Å²) in [7, 11) is 0. The standard InChI is InChI=1S/C16H19N3O/c17-11-16(8-3-4-9-16)19-15(20)14-13-6-2-1-5-12(13)7-10-18-14/h1-2,5-7,10H,3-4,8-9,11,17H2,(H,19,20). The fraction of sp³-hybridized carbons (Fsp3) is 0.375. The number of carbonyl (C=O) groups is 1. The molecular formula is C16H19N3O. The van der Waals surface area contributed by atoms with Gasteiger partial charge in [-0.25, -0.2) is 0 Å². The van der Waals surface area contributed by atoms with Crippen LogP contribution in [0.5, 0.6) is 0 Å². The minimum atomic E-state index is -0.240. The highest BCUT2D eigenvalue weighted by molar-refractivity contribution is 6.05. The number of rotatable bonds is 3. The lowest BCUT2D eigenvalue weighted by atomic mass is 9.97. The first-order valence-corrected chi connectivity index (χ1v) is 7.10. The van der Waals surface area contributed by atoms with E-state index < -0.39 is 0 Å². The van der Waals surface area contributed by atoms with Crippen LogP contribution in [0.1, 0.15) is 36.2 Å². The number of pyridine rings is 1. The Kier molecular flexibility index (Phi) is 3.40. The number of nitrogens with zero attached hydrogens (tertiary/aromatic N) is 1. The average molecular weight is 269 g/mol. The van der Waals surface area contributed by atoms with E-state index in [1.54, 1.807) is 6.20 Å². The molecule has 0 saturated heterocycles. The highest BCUT2D eigenvalue weighted by atomic mass is 16.2. The number of amides is 1. The van der Waals surface area contributed by atoms with Gasteiger partial charge in [0.15, 0.2) is 0 Å². The predicted octanol–water partition coefficient (Wildman–Crippen LogP) is 2.24. The summed E-state index contributed by atoms with van der Waals surface area (Å²) in [5.74, 6) is -0.117. The molecule has 0 aliphatic heterocycles. The van der Waals surface area contributed by atoms with Gasteiger partial charge in [0.2, 0.25) is 0 Å². The molecule has 20 heavy (non-hydrogen) atoms. The van der Waals surface area contributed by atoms with Crippen LogP contribution in [-0.2, 0) is 0 Å². The van der Waals surface area contributed by atoms with Crippen molar-refractivity contribution in [3.8, 4) is 0 Å². The highest BCUT2D eigenvalue weighted by Crippen LogP contribution is 2.29. The molecule has 4 nitrogen and oxygen atoms in total. The molecule has 3 rings (SSSR count). The van der Waals surface area contributed by atoms with Crippen molar-refractivity contribution in [3.63, 3.8) is 0 Å². The maximum absolute atomic E-state index is 12.5. The topological polar surface area (TPSA) is 68.0 Å². The van der Waals surface area contributed by atoms with Crippen LogP contribution in [0.3, 0.4) is 0 Å². The zero-order valence-corrected chi connectivity index (χ0v) is 11.4. The Morgan fingerprint density at radius 2 is 2.00 bits per heavy atom. The van der Waals surface area contributed by atoms with Gasteiger partial charge in [0.1, 0.15) is 5.69 Å². The minimum absolute atomic E-state index is 0.117. The number of hydrogen-bond donors (Lipinski definition) is 2. The fourth-order valence-electron chi connectivity index (χ4n) is 3.03. The number of nitrogens with two attached hydrogens (primary N) is 1. The van der Waals surface area contributed by atoms with Crippen molar-refractivity contribution < 1.29 is 4.79 Å². The van der Waals surface area contributed by atoms with Gasteiger partial charge >= 0.3 is 0 Å². The maximum Gasteiger partial charge on any atom is 0.270 e. The third-order valence-corrected chi connectivity index (χ3v) is 4.22. The van der Waals surface area contributed by atoms with E-state index in [-0.39, 0.29) is 11.4 Å². The van der Waals surface area contributed by atoms with Crippen molar-refractivity contribution in [2.24, 2.45) is 5.73 Å². The van der Waals surface area contributed by atoms with Crippen LogP contribution in [0.25, 0.3) is 10.8 Å². The number of aromatic nitrogens is 1. The third-order valence-electron chi connectivity index (χ3n) is 4.22. The summed E-state index contributed by atoms with van der Waals surface area (Å²) >= 11 is 0. The van der Waals surface area contributed by atoms with E-state index in [9.17, 15) is 4.79 Å². The summed E-state index contributed by atoms with van der Waals surface area (Å²) < 4.78 is 0. The molecule has 1 aliphatic carbocycles. The summed E-state index contributed by atoms with van der Waals surface area (Å²) in [4.78, 5) is 16.8. The van der Waals surface area contributed by atoms with E-state index in [2.05, 4.69) is 10.3 Å². The van der Waals surface area contributed by atoms with Crippen LogP contribution < -0.4 is 11.1 Å². The zero-order chi connectivity index (χ0) is 14.0. The molecule has 0 bridgehead atoms. The van der Waals surface area contributed by atoms with E-state index in [1.165, 1.54) is 0 Å². The van der Waals surface area contributed by atoms with Crippen molar-refractivity contribution in [3.05, 3.63) is 42.2 Å². The number of nitrogens with one attached hydrogen (secondary N) is 1. The normalized spacial score (nSPS) is 17.2. The van der Waals surface area contributed by atoms with Crippen molar-refractivity contribution in [1.29, 1.82) is 0 Å². The molecule has 3 N–H and O–H groups in total. The molecule has 1 fully saturated rings. The van der Waals surface area contributed by atoms with Crippen LogP contribution in [0.4, 0.5) is 0 Å². The molecule has 104 valence electrons. The lowest BCUT2D eigenvalue weighted by molar-refractivity contribution is 0.0900. The first-order chi connectivity index (χ1) is 9.74. The third kappa shape index (κ3) is 2.27. The van der Waals surface area contributed by atoms with E-state index in [0.29, 0.717) is 12.2 Å². The molecule has 1 aromatic heterocycles. The predicted molar refractivity (Wildman–Crippen MR) is 79.5 cm³/mol. The Labute approximate surface area is 118 Å². The van der Waals surface area contributed by atoms with Crippen LogP contribution in [-0.4, -0.2) is 23.0 Å². The molecule has 0 unspecified atom stereocenters. The van der Waals surface area contributed by atoms with E-state index in [4.69, 9.17) is 5.73 Å². The van der Waals surface area contributed by atoms with Crippen LogP contribution in [0.2, 0.25) is 0 Å². The Morgan fingerprint density at radius 3 is 2.75 bits per heavy atom. The Balaban J connectivity index is 1.93. The van der Waals surface area contributed by atoms with Crippen molar-refractivity contribution in [2.45, 2.75) is 31.2 Å². The smallest absolute Gasteiger partial charge is 0.270 e. The molecular weight excluding hydrogens is 250 g/mol. The highest BCUT2D eigenvalue weighted by Gasteiger charge is 2.34. The second-order valence-corrected chi connectivity index (χ2v) is 5.53. The molecule has 1 aliphatic rings. The average Bonchev–Trinajstić information content (AvgIpc) is 2.95. The second kappa shape index (κ2) is 5.21. The maximum atomic E-state index is 12.5. The number of hydrogen-bond acceptors (Lipinski definition) is 3. The number of fused-ring (bicyclic) bond motifs is 1. The molecule has 0 radical (unpaired) electrons. The van der Waals surface area contributed by atoms with Crippen LogP contribution in [0.15, 0.2) is 36.5 Å². The van der Waals surface area contributed by atoms with Crippen molar-refractivity contribution in [2.75, 3.05) is 6.54 Å². The fourth-order valence-corrected chi connectivity index (χ4v) is 3.03. The number of benzene rings is 1. The SMILES string of the molecule is NCC1(NC(=O)c2nccc3ccccc23)CCCC1. The first-order valence-electron chi connectivity index (χ1n) is 7.10. The van der Waals surface area contributed by atoms with Crippen molar-refractivity contribution in [1.82, 2.24) is 10.3 Å². The van der Waals surface area contributed by atoms with E-state index in [0.717, 1.165) is 36.5 Å². The van der Waals surface area contributed by atoms with Gasteiger partial charge < -0.3 is 11.1 Å². The summed E-state index contributed by atoms with van der Waals surface area (Å²) in [5, 5.41) is 5.04. The van der Waals surface area contributed by atoms with Gasteiger partial charge in [-0.1, -0.05) is 37.1 Å². The lowest BCUT2D eigenvalue weighted by Crippen LogP contribution is -2.51. The summed E-state index contributed by atoms with van der Waals surface area (Å²) in [6, 6.07) is 9.72. The van der Waals surface area contributed by atoms with Gasteiger partial charge in [-0.15, -0.1) is 0 Å². The second-order valence-electron chi connectivity index (χ2n) is 5.53.